The van der Waals surface area contributed by atoms with E-state index in [2.05, 4.69) is 5.32 Å². The summed E-state index contributed by atoms with van der Waals surface area (Å²) in [4.78, 5) is 14.6. The summed E-state index contributed by atoms with van der Waals surface area (Å²) in [5, 5.41) is 3.68. The Morgan fingerprint density at radius 1 is 1.24 bits per heavy atom. The third-order valence-electron chi connectivity index (χ3n) is 5.97. The lowest BCUT2D eigenvalue weighted by Crippen LogP contribution is -2.47. The molecule has 1 aromatic carbocycles. The van der Waals surface area contributed by atoms with Gasteiger partial charge in [-0.05, 0) is 70.1 Å². The topological polar surface area (TPSA) is 50.8 Å². The Kier molecular flexibility index (Phi) is 7.17. The highest BCUT2D eigenvalue weighted by Crippen LogP contribution is 2.36. The molecule has 3 atom stereocenters. The van der Waals surface area contributed by atoms with Crippen molar-refractivity contribution in [2.45, 2.75) is 83.7 Å². The molecule has 2 aliphatic rings. The number of likely N-dealkylation sites (tertiary alicyclic amines) is 1. The summed E-state index contributed by atoms with van der Waals surface area (Å²) in [6, 6.07) is 5.81. The summed E-state index contributed by atoms with van der Waals surface area (Å²) in [5.41, 5.74) is 1.17. The Hall–Kier alpha value is -1.66. The van der Waals surface area contributed by atoms with Crippen LogP contribution >= 0.6 is 0 Å². The number of hydrogen-bond acceptors (Lipinski definition) is 4. The highest BCUT2D eigenvalue weighted by molar-refractivity contribution is 5.69. The third-order valence-corrected chi connectivity index (χ3v) is 5.97. The van der Waals surface area contributed by atoms with E-state index in [0.29, 0.717) is 24.1 Å². The summed E-state index contributed by atoms with van der Waals surface area (Å²) < 4.78 is 24.6. The maximum absolute atomic E-state index is 13.9. The molecule has 1 saturated heterocycles. The minimum atomic E-state index is -0.472. The van der Waals surface area contributed by atoms with Crippen LogP contribution in [0.5, 0.6) is 0 Å². The normalized spacial score (nSPS) is 24.9. The van der Waals surface area contributed by atoms with Crippen molar-refractivity contribution in [2.75, 3.05) is 13.7 Å². The molecule has 6 heteroatoms. The number of carbonyl (C=O) groups is 1. The zero-order valence-electron chi connectivity index (χ0n) is 18.2. The summed E-state index contributed by atoms with van der Waals surface area (Å²) >= 11 is 0. The van der Waals surface area contributed by atoms with Crippen molar-refractivity contribution in [3.8, 4) is 0 Å². The Balaban J connectivity index is 1.62. The van der Waals surface area contributed by atoms with Crippen LogP contribution in [0, 0.1) is 11.7 Å². The van der Waals surface area contributed by atoms with Crippen LogP contribution < -0.4 is 5.32 Å². The van der Waals surface area contributed by atoms with E-state index in [0.717, 1.165) is 37.8 Å². The van der Waals surface area contributed by atoms with Gasteiger partial charge >= 0.3 is 6.09 Å². The van der Waals surface area contributed by atoms with E-state index in [-0.39, 0.29) is 24.6 Å². The monoisotopic (exact) mass is 406 g/mol. The summed E-state index contributed by atoms with van der Waals surface area (Å²) in [6.45, 7) is 7.49. The van der Waals surface area contributed by atoms with Crippen LogP contribution in [0.3, 0.4) is 0 Å². The zero-order chi connectivity index (χ0) is 21.0. The van der Waals surface area contributed by atoms with E-state index in [1.165, 1.54) is 12.5 Å². The van der Waals surface area contributed by atoms with Crippen molar-refractivity contribution in [3.63, 3.8) is 0 Å². The summed E-state index contributed by atoms with van der Waals surface area (Å²) in [5.74, 6) is 0.206. The van der Waals surface area contributed by atoms with E-state index in [9.17, 15) is 9.18 Å². The van der Waals surface area contributed by atoms with Gasteiger partial charge in [-0.25, -0.2) is 9.18 Å². The summed E-state index contributed by atoms with van der Waals surface area (Å²) in [6.07, 6.45) is 5.28. The fourth-order valence-corrected chi connectivity index (χ4v) is 4.74. The highest BCUT2D eigenvalue weighted by atomic mass is 19.1. The van der Waals surface area contributed by atoms with E-state index in [4.69, 9.17) is 9.47 Å². The molecule has 1 aliphatic carbocycles. The van der Waals surface area contributed by atoms with Crippen molar-refractivity contribution in [2.24, 2.45) is 5.92 Å². The van der Waals surface area contributed by atoms with Crippen LogP contribution in [0.2, 0.25) is 0 Å². The van der Waals surface area contributed by atoms with E-state index in [1.54, 1.807) is 7.11 Å². The number of carbonyl (C=O) groups excluding carboxylic acids is 1. The maximum atomic E-state index is 13.9. The Labute approximate surface area is 173 Å². The predicted molar refractivity (Wildman–Crippen MR) is 111 cm³/mol. The lowest BCUT2D eigenvalue weighted by Gasteiger charge is -2.34. The molecule has 1 aromatic rings. The molecule has 1 heterocycles. The number of hydrogen-bond donors (Lipinski definition) is 1. The Bertz CT molecular complexity index is 704. The molecule has 3 rings (SSSR count). The fraction of sp³-hybridized carbons (Fsp3) is 0.696. The first-order valence-corrected chi connectivity index (χ1v) is 10.8. The van der Waals surface area contributed by atoms with Crippen LogP contribution in [0.4, 0.5) is 9.18 Å². The van der Waals surface area contributed by atoms with Gasteiger partial charge in [0.15, 0.2) is 0 Å². The molecule has 0 unspecified atom stereocenters. The number of rotatable bonds is 6. The van der Waals surface area contributed by atoms with Gasteiger partial charge in [0.1, 0.15) is 11.4 Å². The average Bonchev–Trinajstić information content (AvgIpc) is 3.29. The van der Waals surface area contributed by atoms with E-state index < -0.39 is 5.60 Å². The van der Waals surface area contributed by atoms with Crippen molar-refractivity contribution in [1.29, 1.82) is 0 Å². The highest BCUT2D eigenvalue weighted by Gasteiger charge is 2.41. The summed E-state index contributed by atoms with van der Waals surface area (Å²) in [7, 11) is 1.57. The van der Waals surface area contributed by atoms with Crippen LogP contribution in [0.15, 0.2) is 18.2 Å². The molecule has 162 valence electrons. The predicted octanol–water partition coefficient (Wildman–Crippen LogP) is 4.63. The molecule has 5 nitrogen and oxygen atoms in total. The third kappa shape index (κ3) is 5.70. The van der Waals surface area contributed by atoms with Crippen LogP contribution in [0.1, 0.15) is 64.0 Å². The molecule has 0 aromatic heterocycles. The molecule has 1 N–H and O–H groups in total. The van der Waals surface area contributed by atoms with Crippen molar-refractivity contribution in [1.82, 2.24) is 10.2 Å². The van der Waals surface area contributed by atoms with Gasteiger partial charge in [0.05, 0.1) is 6.61 Å². The molecule has 0 radical (unpaired) electrons. The van der Waals surface area contributed by atoms with Crippen LogP contribution in [0.25, 0.3) is 0 Å². The first-order valence-electron chi connectivity index (χ1n) is 10.8. The zero-order valence-corrected chi connectivity index (χ0v) is 18.2. The molecule has 1 amide bonds. The van der Waals surface area contributed by atoms with Gasteiger partial charge < -0.3 is 19.7 Å². The second kappa shape index (κ2) is 9.43. The molecular formula is C23H35FN2O3. The van der Waals surface area contributed by atoms with Gasteiger partial charge in [-0.3, -0.25) is 0 Å². The second-order valence-electron chi connectivity index (χ2n) is 9.32. The Morgan fingerprint density at radius 2 is 2.03 bits per heavy atom. The van der Waals surface area contributed by atoms with Gasteiger partial charge in [-0.15, -0.1) is 0 Å². The lowest BCUT2D eigenvalue weighted by atomic mass is 9.92. The van der Waals surface area contributed by atoms with Gasteiger partial charge in [-0.2, -0.15) is 0 Å². The number of nitrogens with one attached hydrogen (secondary N) is 1. The number of nitrogens with zero attached hydrogens (tertiary/aromatic N) is 1. The van der Waals surface area contributed by atoms with Gasteiger partial charge in [0.25, 0.3) is 0 Å². The van der Waals surface area contributed by atoms with E-state index in [1.807, 2.05) is 37.8 Å². The largest absolute Gasteiger partial charge is 0.444 e. The van der Waals surface area contributed by atoms with Crippen molar-refractivity contribution < 1.29 is 18.7 Å². The number of halogens is 1. The molecule has 0 spiro atoms. The van der Waals surface area contributed by atoms with Crippen molar-refractivity contribution in [3.05, 3.63) is 35.1 Å². The smallest absolute Gasteiger partial charge is 0.410 e. The first kappa shape index (κ1) is 22.0. The van der Waals surface area contributed by atoms with E-state index >= 15 is 0 Å². The number of methoxy groups -OCH3 is 1. The molecule has 2 fully saturated rings. The Morgan fingerprint density at radius 3 is 2.76 bits per heavy atom. The standard InChI is InChI=1S/C23H35FN2O3/c1-23(2,3)29-22(27)26-12-6-9-21(26)18-7-5-8-20(18)25-14-16-10-11-19(24)17(13-16)15-28-4/h10-11,13,18,20-21,25H,5-9,12,14-15H2,1-4H3/t18-,20-,21-/m1/s1. The fourth-order valence-electron chi connectivity index (χ4n) is 4.74. The minimum absolute atomic E-state index is 0.187. The first-order chi connectivity index (χ1) is 13.8. The molecule has 29 heavy (non-hydrogen) atoms. The molecular weight excluding hydrogens is 371 g/mol. The molecule has 1 saturated carbocycles. The number of benzene rings is 1. The number of ether oxygens (including phenoxy) is 2. The average molecular weight is 407 g/mol. The molecule has 0 bridgehead atoms. The SMILES string of the molecule is COCc1cc(CN[C@@H]2CCC[C@H]2[C@H]2CCCN2C(=O)OC(C)(C)C)ccc1F. The quantitative estimate of drug-likeness (QED) is 0.748. The minimum Gasteiger partial charge on any atom is -0.444 e. The maximum Gasteiger partial charge on any atom is 0.410 e. The van der Waals surface area contributed by atoms with Crippen LogP contribution in [-0.4, -0.2) is 42.3 Å². The van der Waals surface area contributed by atoms with Gasteiger partial charge in [0, 0.05) is 37.8 Å². The van der Waals surface area contributed by atoms with Crippen molar-refractivity contribution >= 4 is 6.09 Å². The number of amides is 1. The molecule has 1 aliphatic heterocycles. The van der Waals surface area contributed by atoms with Crippen LogP contribution in [-0.2, 0) is 22.6 Å². The van der Waals surface area contributed by atoms with Gasteiger partial charge in [0.2, 0.25) is 0 Å². The second-order valence-corrected chi connectivity index (χ2v) is 9.32. The lowest BCUT2D eigenvalue weighted by molar-refractivity contribution is 0.0166. The van der Waals surface area contributed by atoms with Gasteiger partial charge in [-0.1, -0.05) is 12.5 Å².